The Labute approximate surface area is 146 Å². The van der Waals surface area contributed by atoms with Gasteiger partial charge in [-0.05, 0) is 44.2 Å². The van der Waals surface area contributed by atoms with Crippen molar-refractivity contribution in [1.29, 1.82) is 0 Å². The number of aryl methyl sites for hydroxylation is 1. The molecule has 1 heterocycles. The first kappa shape index (κ1) is 17.3. The predicted molar refractivity (Wildman–Crippen MR) is 99.4 cm³/mol. The molecule has 1 aliphatic carbocycles. The minimum absolute atomic E-state index is 0.157. The fourth-order valence-corrected chi connectivity index (χ4v) is 4.11. The second kappa shape index (κ2) is 8.02. The van der Waals surface area contributed by atoms with Gasteiger partial charge in [0.1, 0.15) is 0 Å². The molecular weight excluding hydrogens is 298 g/mol. The van der Waals surface area contributed by atoms with Crippen molar-refractivity contribution in [2.24, 2.45) is 10.9 Å². The lowest BCUT2D eigenvalue weighted by Crippen LogP contribution is -2.40. The van der Waals surface area contributed by atoms with Crippen LogP contribution in [0.5, 0.6) is 0 Å². The van der Waals surface area contributed by atoms with E-state index in [4.69, 9.17) is 4.99 Å². The van der Waals surface area contributed by atoms with E-state index in [1.165, 1.54) is 17.5 Å². The molecule has 0 bridgehead atoms. The Bertz CT molecular complexity index is 572. The van der Waals surface area contributed by atoms with Gasteiger partial charge in [0.05, 0.1) is 6.10 Å². The molecule has 0 radical (unpaired) electrons. The van der Waals surface area contributed by atoms with Crippen LogP contribution in [0.1, 0.15) is 49.7 Å². The van der Waals surface area contributed by atoms with Crippen LogP contribution in [0.2, 0.25) is 0 Å². The summed E-state index contributed by atoms with van der Waals surface area (Å²) in [5.41, 5.74) is 2.86. The zero-order chi connectivity index (χ0) is 16.9. The molecule has 1 saturated carbocycles. The molecule has 2 fully saturated rings. The van der Waals surface area contributed by atoms with Crippen molar-refractivity contribution in [1.82, 2.24) is 10.2 Å². The number of hydrogen-bond acceptors (Lipinski definition) is 2. The zero-order valence-corrected chi connectivity index (χ0v) is 15.0. The van der Waals surface area contributed by atoms with E-state index in [9.17, 15) is 5.11 Å². The smallest absolute Gasteiger partial charge is 0.193 e. The third kappa shape index (κ3) is 3.92. The van der Waals surface area contributed by atoms with E-state index < -0.39 is 0 Å². The third-order valence-electron chi connectivity index (χ3n) is 5.55. The lowest BCUT2D eigenvalue weighted by molar-refractivity contribution is 0.136. The second-order valence-corrected chi connectivity index (χ2v) is 7.24. The second-order valence-electron chi connectivity index (χ2n) is 7.24. The normalized spacial score (nSPS) is 27.7. The van der Waals surface area contributed by atoms with Gasteiger partial charge in [0.25, 0.3) is 0 Å². The number of guanidine groups is 1. The van der Waals surface area contributed by atoms with E-state index in [1.807, 2.05) is 0 Å². The molecule has 24 heavy (non-hydrogen) atoms. The average molecular weight is 329 g/mol. The number of likely N-dealkylation sites (tertiary alicyclic amines) is 1. The molecule has 0 aromatic heterocycles. The first-order valence-corrected chi connectivity index (χ1v) is 9.46. The Morgan fingerprint density at radius 3 is 2.83 bits per heavy atom. The summed E-state index contributed by atoms with van der Waals surface area (Å²) in [5, 5.41) is 13.5. The molecule has 3 rings (SSSR count). The van der Waals surface area contributed by atoms with Crippen molar-refractivity contribution in [3.63, 3.8) is 0 Å². The lowest BCUT2D eigenvalue weighted by atomic mass is 9.94. The lowest BCUT2D eigenvalue weighted by Gasteiger charge is -2.23. The summed E-state index contributed by atoms with van der Waals surface area (Å²) in [6.07, 6.45) is 4.21. The molecule has 3 atom stereocenters. The van der Waals surface area contributed by atoms with Crippen LogP contribution in [0.3, 0.4) is 0 Å². The van der Waals surface area contributed by atoms with Crippen molar-refractivity contribution < 1.29 is 5.11 Å². The number of benzene rings is 1. The molecule has 3 unspecified atom stereocenters. The Balaban J connectivity index is 1.65. The van der Waals surface area contributed by atoms with Crippen LogP contribution in [-0.4, -0.2) is 48.2 Å². The number of aliphatic hydroxyl groups is 1. The summed E-state index contributed by atoms with van der Waals surface area (Å²) in [4.78, 5) is 7.24. The van der Waals surface area contributed by atoms with Crippen molar-refractivity contribution in [3.05, 3.63) is 35.4 Å². The number of aliphatic imine (C=N–C) groups is 1. The first-order valence-electron chi connectivity index (χ1n) is 9.46. The highest BCUT2D eigenvalue weighted by molar-refractivity contribution is 5.80. The van der Waals surface area contributed by atoms with Crippen LogP contribution in [0.15, 0.2) is 29.3 Å². The predicted octanol–water partition coefficient (Wildman–Crippen LogP) is 2.91. The minimum atomic E-state index is -0.157. The number of nitrogens with zero attached hydrogens (tertiary/aromatic N) is 2. The summed E-state index contributed by atoms with van der Waals surface area (Å²) in [6, 6.07) is 8.73. The van der Waals surface area contributed by atoms with Gasteiger partial charge in [-0.25, -0.2) is 0 Å². The molecule has 1 aliphatic heterocycles. The molecule has 0 amide bonds. The number of hydrogen-bond donors (Lipinski definition) is 2. The quantitative estimate of drug-likeness (QED) is 0.659. The number of aliphatic hydroxyl groups excluding tert-OH is 1. The highest BCUT2D eigenvalue weighted by Gasteiger charge is 2.28. The van der Waals surface area contributed by atoms with E-state index in [0.29, 0.717) is 11.8 Å². The molecule has 4 nitrogen and oxygen atoms in total. The van der Waals surface area contributed by atoms with Crippen molar-refractivity contribution in [3.8, 4) is 0 Å². The SMILES string of the molecule is CCNC(=NCC1CCCC1O)N1CCC(c2ccccc2C)C1. The monoisotopic (exact) mass is 329 g/mol. The van der Waals surface area contributed by atoms with Gasteiger partial charge in [-0.3, -0.25) is 4.99 Å². The van der Waals surface area contributed by atoms with Gasteiger partial charge in [0, 0.05) is 38.0 Å². The summed E-state index contributed by atoms with van der Waals surface area (Å²) < 4.78 is 0. The van der Waals surface area contributed by atoms with Crippen LogP contribution >= 0.6 is 0 Å². The van der Waals surface area contributed by atoms with Crippen molar-refractivity contribution in [2.75, 3.05) is 26.2 Å². The molecule has 4 heteroatoms. The topological polar surface area (TPSA) is 47.9 Å². The highest BCUT2D eigenvalue weighted by atomic mass is 16.3. The summed E-state index contributed by atoms with van der Waals surface area (Å²) >= 11 is 0. The van der Waals surface area contributed by atoms with Gasteiger partial charge < -0.3 is 15.3 Å². The van der Waals surface area contributed by atoms with Crippen LogP contribution in [0.4, 0.5) is 0 Å². The minimum Gasteiger partial charge on any atom is -0.393 e. The van der Waals surface area contributed by atoms with Gasteiger partial charge >= 0.3 is 0 Å². The fraction of sp³-hybridized carbons (Fsp3) is 0.650. The molecule has 2 aliphatic rings. The Hall–Kier alpha value is -1.55. The summed E-state index contributed by atoms with van der Waals surface area (Å²) in [6.45, 7) is 8.04. The largest absolute Gasteiger partial charge is 0.393 e. The number of nitrogens with one attached hydrogen (secondary N) is 1. The Morgan fingerprint density at radius 2 is 2.12 bits per heavy atom. The molecule has 1 aromatic rings. The Kier molecular flexibility index (Phi) is 5.77. The van der Waals surface area contributed by atoms with E-state index in [2.05, 4.69) is 48.3 Å². The van der Waals surface area contributed by atoms with E-state index >= 15 is 0 Å². The molecule has 2 N–H and O–H groups in total. The van der Waals surface area contributed by atoms with Crippen molar-refractivity contribution >= 4 is 5.96 Å². The standard InChI is InChI=1S/C20H31N3O/c1-3-21-20(22-13-16-8-6-10-19(16)24)23-12-11-17(14-23)18-9-5-4-7-15(18)2/h4-5,7,9,16-17,19,24H,3,6,8,10-14H2,1-2H3,(H,21,22). The molecular formula is C20H31N3O. The first-order chi connectivity index (χ1) is 11.7. The van der Waals surface area contributed by atoms with Crippen LogP contribution < -0.4 is 5.32 Å². The van der Waals surface area contributed by atoms with Crippen LogP contribution in [0.25, 0.3) is 0 Å². The Morgan fingerprint density at radius 1 is 1.29 bits per heavy atom. The summed E-state index contributed by atoms with van der Waals surface area (Å²) in [5.74, 6) is 1.95. The third-order valence-corrected chi connectivity index (χ3v) is 5.55. The van der Waals surface area contributed by atoms with Crippen LogP contribution in [-0.2, 0) is 0 Å². The van der Waals surface area contributed by atoms with E-state index in [1.54, 1.807) is 0 Å². The molecule has 132 valence electrons. The average Bonchev–Trinajstić information content (AvgIpc) is 3.21. The zero-order valence-electron chi connectivity index (χ0n) is 15.0. The van der Waals surface area contributed by atoms with Gasteiger partial charge in [0.15, 0.2) is 5.96 Å². The van der Waals surface area contributed by atoms with Gasteiger partial charge in [-0.15, -0.1) is 0 Å². The highest BCUT2D eigenvalue weighted by Crippen LogP contribution is 2.30. The summed E-state index contributed by atoms with van der Waals surface area (Å²) in [7, 11) is 0. The fourth-order valence-electron chi connectivity index (χ4n) is 4.11. The molecule has 1 saturated heterocycles. The van der Waals surface area contributed by atoms with Crippen molar-refractivity contribution in [2.45, 2.75) is 51.6 Å². The van der Waals surface area contributed by atoms with E-state index in [0.717, 1.165) is 51.4 Å². The van der Waals surface area contributed by atoms with E-state index in [-0.39, 0.29) is 6.10 Å². The van der Waals surface area contributed by atoms with Gasteiger partial charge in [-0.2, -0.15) is 0 Å². The molecule has 0 spiro atoms. The van der Waals surface area contributed by atoms with Gasteiger partial charge in [0.2, 0.25) is 0 Å². The maximum absolute atomic E-state index is 10.0. The van der Waals surface area contributed by atoms with Gasteiger partial charge in [-0.1, -0.05) is 30.7 Å². The molecule has 1 aromatic carbocycles. The van der Waals surface area contributed by atoms with Crippen LogP contribution in [0, 0.1) is 12.8 Å². The maximum atomic E-state index is 10.0. The number of rotatable bonds is 4. The maximum Gasteiger partial charge on any atom is 0.193 e.